The lowest BCUT2D eigenvalue weighted by Gasteiger charge is -2.22. The van der Waals surface area contributed by atoms with Crippen molar-refractivity contribution in [3.8, 4) is 0 Å². The molecule has 0 aliphatic heterocycles. The molecule has 0 bridgehead atoms. The van der Waals surface area contributed by atoms with E-state index in [0.717, 1.165) is 16.6 Å². The molecule has 1 unspecified atom stereocenters. The van der Waals surface area contributed by atoms with E-state index in [4.69, 9.17) is 0 Å². The van der Waals surface area contributed by atoms with Crippen LogP contribution in [-0.2, 0) is 0 Å². The molecule has 1 aliphatic carbocycles. The number of hydrogen-bond donors (Lipinski definition) is 1. The summed E-state index contributed by atoms with van der Waals surface area (Å²) >= 11 is 1.89. The van der Waals surface area contributed by atoms with E-state index in [-0.39, 0.29) is 0 Å². The Kier molecular flexibility index (Phi) is 4.60. The predicted molar refractivity (Wildman–Crippen MR) is 66.3 cm³/mol. The van der Waals surface area contributed by atoms with Crippen LogP contribution in [0.4, 0.5) is 0 Å². The first-order valence-electron chi connectivity index (χ1n) is 5.91. The third-order valence-electron chi connectivity index (χ3n) is 3.01. The zero-order valence-corrected chi connectivity index (χ0v) is 10.2. The number of aliphatic hydroxyl groups is 1. The molecule has 1 atom stereocenters. The van der Waals surface area contributed by atoms with Crippen LogP contribution in [-0.4, -0.2) is 26.1 Å². The first-order chi connectivity index (χ1) is 7.86. The van der Waals surface area contributed by atoms with Gasteiger partial charge in [-0.05, 0) is 12.8 Å². The fraction of sp³-hybridized carbons (Fsp3) is 0.667. The van der Waals surface area contributed by atoms with Gasteiger partial charge < -0.3 is 5.11 Å². The van der Waals surface area contributed by atoms with Crippen LogP contribution in [0.5, 0.6) is 0 Å². The fourth-order valence-electron chi connectivity index (χ4n) is 2.04. The lowest BCUT2D eigenvalue weighted by Crippen LogP contribution is -2.11. The van der Waals surface area contributed by atoms with Crippen molar-refractivity contribution >= 4 is 11.8 Å². The van der Waals surface area contributed by atoms with Gasteiger partial charge in [-0.25, -0.2) is 9.97 Å². The van der Waals surface area contributed by atoms with Gasteiger partial charge in [0.05, 0.1) is 6.10 Å². The number of nitrogens with zero attached hydrogens (tertiary/aromatic N) is 2. The van der Waals surface area contributed by atoms with Gasteiger partial charge >= 0.3 is 0 Å². The molecule has 4 heteroatoms. The summed E-state index contributed by atoms with van der Waals surface area (Å²) in [5.41, 5.74) is 0.825. The normalized spacial score (nSPS) is 19.6. The van der Waals surface area contributed by atoms with E-state index in [1.165, 1.54) is 38.4 Å². The van der Waals surface area contributed by atoms with Crippen molar-refractivity contribution in [3.63, 3.8) is 0 Å². The van der Waals surface area contributed by atoms with Crippen LogP contribution in [0.2, 0.25) is 0 Å². The molecule has 16 heavy (non-hydrogen) atoms. The summed E-state index contributed by atoms with van der Waals surface area (Å²) in [4.78, 5) is 7.84. The Morgan fingerprint density at radius 3 is 2.62 bits per heavy atom. The van der Waals surface area contributed by atoms with Crippen molar-refractivity contribution in [3.05, 3.63) is 24.3 Å². The number of aliphatic hydroxyl groups excluding tert-OH is 1. The quantitative estimate of drug-likeness (QED) is 0.875. The van der Waals surface area contributed by atoms with Crippen LogP contribution in [0.3, 0.4) is 0 Å². The Bertz CT molecular complexity index is 301. The molecule has 1 saturated carbocycles. The molecular formula is C12H18N2OS. The highest BCUT2D eigenvalue weighted by Crippen LogP contribution is 2.30. The second-order valence-corrected chi connectivity index (χ2v) is 5.61. The Labute approximate surface area is 101 Å². The zero-order valence-electron chi connectivity index (χ0n) is 9.38. The summed E-state index contributed by atoms with van der Waals surface area (Å²) < 4.78 is 0. The van der Waals surface area contributed by atoms with E-state index in [9.17, 15) is 5.11 Å². The van der Waals surface area contributed by atoms with E-state index in [0.29, 0.717) is 0 Å². The molecule has 0 aromatic carbocycles. The van der Waals surface area contributed by atoms with Gasteiger partial charge in [-0.1, -0.05) is 19.3 Å². The topological polar surface area (TPSA) is 46.0 Å². The number of aromatic nitrogens is 2. The van der Waals surface area contributed by atoms with E-state index in [1.807, 2.05) is 11.8 Å². The van der Waals surface area contributed by atoms with Crippen LogP contribution in [0.15, 0.2) is 18.7 Å². The van der Waals surface area contributed by atoms with Crippen molar-refractivity contribution in [1.82, 2.24) is 9.97 Å². The molecule has 1 aromatic rings. The average Bonchev–Trinajstić information content (AvgIpc) is 2.38. The van der Waals surface area contributed by atoms with E-state index >= 15 is 0 Å². The Hall–Kier alpha value is -0.610. The second-order valence-electron chi connectivity index (χ2n) is 4.28. The standard InChI is InChI=1S/C12H18N2OS/c15-12(10-6-13-9-14-7-10)8-16-11-4-2-1-3-5-11/h6-7,9,11-12,15H,1-5,8H2. The highest BCUT2D eigenvalue weighted by molar-refractivity contribution is 7.99. The first kappa shape index (κ1) is 11.9. The molecule has 1 N–H and O–H groups in total. The molecule has 0 saturated heterocycles. The lowest BCUT2D eigenvalue weighted by atomic mass is 10.0. The Balaban J connectivity index is 1.77. The van der Waals surface area contributed by atoms with Gasteiger partial charge in [0.15, 0.2) is 0 Å². The third-order valence-corrected chi connectivity index (χ3v) is 4.46. The highest BCUT2D eigenvalue weighted by atomic mass is 32.2. The lowest BCUT2D eigenvalue weighted by molar-refractivity contribution is 0.203. The van der Waals surface area contributed by atoms with Crippen molar-refractivity contribution in [1.29, 1.82) is 0 Å². The van der Waals surface area contributed by atoms with Gasteiger partial charge in [0.1, 0.15) is 6.33 Å². The molecule has 0 radical (unpaired) electrons. The van der Waals surface area contributed by atoms with Gasteiger partial charge in [0.2, 0.25) is 0 Å². The predicted octanol–water partition coefficient (Wildman–Crippen LogP) is 2.58. The molecule has 1 heterocycles. The summed E-state index contributed by atoms with van der Waals surface area (Å²) in [6.45, 7) is 0. The largest absolute Gasteiger partial charge is 0.387 e. The molecule has 88 valence electrons. The van der Waals surface area contributed by atoms with Crippen LogP contribution in [0.25, 0.3) is 0 Å². The van der Waals surface area contributed by atoms with Crippen LogP contribution >= 0.6 is 11.8 Å². The maximum Gasteiger partial charge on any atom is 0.115 e. The van der Waals surface area contributed by atoms with E-state index < -0.39 is 6.10 Å². The van der Waals surface area contributed by atoms with Crippen LogP contribution in [0, 0.1) is 0 Å². The van der Waals surface area contributed by atoms with Crippen molar-refractivity contribution in [2.24, 2.45) is 0 Å². The van der Waals surface area contributed by atoms with Gasteiger partial charge in [0.25, 0.3) is 0 Å². The number of hydrogen-bond acceptors (Lipinski definition) is 4. The maximum atomic E-state index is 9.95. The van der Waals surface area contributed by atoms with Crippen LogP contribution < -0.4 is 0 Å². The van der Waals surface area contributed by atoms with E-state index in [1.54, 1.807) is 12.4 Å². The smallest absolute Gasteiger partial charge is 0.115 e. The summed E-state index contributed by atoms with van der Waals surface area (Å²) in [7, 11) is 0. The molecule has 0 spiro atoms. The molecule has 1 aromatic heterocycles. The van der Waals surface area contributed by atoms with Gasteiger partial charge in [0, 0.05) is 29.0 Å². The molecule has 0 amide bonds. The number of rotatable bonds is 4. The first-order valence-corrected chi connectivity index (χ1v) is 6.95. The van der Waals surface area contributed by atoms with Crippen molar-refractivity contribution in [2.75, 3.05) is 5.75 Å². The highest BCUT2D eigenvalue weighted by Gasteiger charge is 2.16. The number of thioether (sulfide) groups is 1. The monoisotopic (exact) mass is 238 g/mol. The SMILES string of the molecule is OC(CSC1CCCCC1)c1cncnc1. The fourth-order valence-corrected chi connectivity index (χ4v) is 3.35. The molecular weight excluding hydrogens is 220 g/mol. The summed E-state index contributed by atoms with van der Waals surface area (Å²) in [5, 5.41) is 10.7. The van der Waals surface area contributed by atoms with Crippen molar-refractivity contribution < 1.29 is 5.11 Å². The van der Waals surface area contributed by atoms with E-state index in [2.05, 4.69) is 9.97 Å². The summed E-state index contributed by atoms with van der Waals surface area (Å²) in [6.07, 6.45) is 11.2. The van der Waals surface area contributed by atoms with Gasteiger partial charge in [-0.15, -0.1) is 0 Å². The summed E-state index contributed by atoms with van der Waals surface area (Å²) in [6, 6.07) is 0. The third kappa shape index (κ3) is 3.46. The molecule has 2 rings (SSSR count). The zero-order chi connectivity index (χ0) is 11.2. The van der Waals surface area contributed by atoms with Gasteiger partial charge in [-0.3, -0.25) is 0 Å². The molecule has 1 fully saturated rings. The Morgan fingerprint density at radius 1 is 1.25 bits per heavy atom. The maximum absolute atomic E-state index is 9.95. The van der Waals surface area contributed by atoms with Crippen molar-refractivity contribution in [2.45, 2.75) is 43.5 Å². The van der Waals surface area contributed by atoms with Crippen LogP contribution in [0.1, 0.15) is 43.8 Å². The molecule has 1 aliphatic rings. The Morgan fingerprint density at radius 2 is 1.94 bits per heavy atom. The van der Waals surface area contributed by atoms with Gasteiger partial charge in [-0.2, -0.15) is 11.8 Å². The minimum Gasteiger partial charge on any atom is -0.387 e. The minimum absolute atomic E-state index is 0.423. The second kappa shape index (κ2) is 6.21. The minimum atomic E-state index is -0.423. The summed E-state index contributed by atoms with van der Waals surface area (Å²) in [5.74, 6) is 0.762. The molecule has 3 nitrogen and oxygen atoms in total. The average molecular weight is 238 g/mol.